The maximum Gasteiger partial charge on any atom is 0.279 e. The Hall–Kier alpha value is -0.250. The minimum Gasteiger partial charge on any atom is -0.328 e. The number of hydrogen-bond acceptors (Lipinski definition) is 1. The van der Waals surface area contributed by atoms with E-state index in [0.29, 0.717) is 0 Å². The van der Waals surface area contributed by atoms with Crippen molar-refractivity contribution in [2.75, 3.05) is 6.54 Å². The monoisotopic (exact) mass is 141 g/mol. The molecule has 0 aliphatic heterocycles. The first-order valence-electron chi connectivity index (χ1n) is 2.76. The largest absolute Gasteiger partial charge is 0.328 e. The fourth-order valence-corrected chi connectivity index (χ4v) is 0.394. The van der Waals surface area contributed by atoms with E-state index in [9.17, 15) is 13.2 Å². The lowest BCUT2D eigenvalue weighted by atomic mass is 10.1. The number of alkyl halides is 3. The Balaban J connectivity index is 3.80. The number of nitrogens with two attached hydrogens (primary N) is 1. The van der Waals surface area contributed by atoms with E-state index >= 15 is 0 Å². The van der Waals surface area contributed by atoms with Gasteiger partial charge in [-0.15, -0.1) is 0 Å². The van der Waals surface area contributed by atoms with Crippen LogP contribution in [0.15, 0.2) is 0 Å². The van der Waals surface area contributed by atoms with Crippen molar-refractivity contribution in [2.24, 2.45) is 5.73 Å². The zero-order valence-electron chi connectivity index (χ0n) is 5.20. The topological polar surface area (TPSA) is 26.0 Å². The van der Waals surface area contributed by atoms with Gasteiger partial charge in [-0.2, -0.15) is 0 Å². The summed E-state index contributed by atoms with van der Waals surface area (Å²) >= 11 is 0. The van der Waals surface area contributed by atoms with Gasteiger partial charge in [-0.1, -0.05) is 6.92 Å². The molecule has 0 aromatic rings. The highest BCUT2D eigenvalue weighted by Gasteiger charge is 2.36. The van der Waals surface area contributed by atoms with Crippen molar-refractivity contribution in [2.45, 2.75) is 25.4 Å². The van der Waals surface area contributed by atoms with Gasteiger partial charge < -0.3 is 5.73 Å². The van der Waals surface area contributed by atoms with Crippen LogP contribution in [0.3, 0.4) is 0 Å². The summed E-state index contributed by atoms with van der Waals surface area (Å²) in [6, 6.07) is 0. The SMILES string of the molecule is CCC(F)(F)C(F)CN. The van der Waals surface area contributed by atoms with Crippen LogP contribution >= 0.6 is 0 Å². The molecule has 0 saturated heterocycles. The van der Waals surface area contributed by atoms with Gasteiger partial charge in [-0.3, -0.25) is 0 Å². The van der Waals surface area contributed by atoms with Crippen LogP contribution in [0.4, 0.5) is 13.2 Å². The molecule has 0 saturated carbocycles. The fraction of sp³-hybridized carbons (Fsp3) is 1.00. The minimum absolute atomic E-state index is 0.495. The lowest BCUT2D eigenvalue weighted by molar-refractivity contribution is -0.0706. The number of hydrogen-bond donors (Lipinski definition) is 1. The lowest BCUT2D eigenvalue weighted by Crippen LogP contribution is -2.35. The molecule has 4 heteroatoms. The second-order valence-corrected chi connectivity index (χ2v) is 1.82. The standard InChI is InChI=1S/C5H10F3N/c1-2-5(7,8)4(6)3-9/h4H,2-3,9H2,1H3. The zero-order chi connectivity index (χ0) is 7.49. The van der Waals surface area contributed by atoms with E-state index in [1.165, 1.54) is 6.92 Å². The summed E-state index contributed by atoms with van der Waals surface area (Å²) in [7, 11) is 0. The molecule has 0 aromatic heterocycles. The predicted octanol–water partition coefficient (Wildman–Crippen LogP) is 1.33. The van der Waals surface area contributed by atoms with Crippen LogP contribution in [0.5, 0.6) is 0 Å². The molecule has 1 unspecified atom stereocenters. The van der Waals surface area contributed by atoms with Gasteiger partial charge in [0.2, 0.25) is 0 Å². The molecule has 0 fully saturated rings. The van der Waals surface area contributed by atoms with Gasteiger partial charge in [-0.05, 0) is 0 Å². The first-order chi connectivity index (χ1) is 4.04. The van der Waals surface area contributed by atoms with Gasteiger partial charge in [0, 0.05) is 13.0 Å². The molecule has 0 aliphatic carbocycles. The highest BCUT2D eigenvalue weighted by molar-refractivity contribution is 4.75. The first kappa shape index (κ1) is 8.75. The van der Waals surface area contributed by atoms with E-state index < -0.39 is 25.1 Å². The van der Waals surface area contributed by atoms with Gasteiger partial charge in [0.15, 0.2) is 6.17 Å². The Morgan fingerprint density at radius 3 is 2.11 bits per heavy atom. The van der Waals surface area contributed by atoms with Gasteiger partial charge >= 0.3 is 0 Å². The smallest absolute Gasteiger partial charge is 0.279 e. The summed E-state index contributed by atoms with van der Waals surface area (Å²) in [6.07, 6.45) is -2.69. The summed E-state index contributed by atoms with van der Waals surface area (Å²) in [5.41, 5.74) is 4.68. The van der Waals surface area contributed by atoms with Gasteiger partial charge in [-0.25, -0.2) is 13.2 Å². The maximum absolute atomic E-state index is 12.1. The summed E-state index contributed by atoms with van der Waals surface area (Å²) in [4.78, 5) is 0. The summed E-state index contributed by atoms with van der Waals surface area (Å²) in [6.45, 7) is 0.614. The van der Waals surface area contributed by atoms with Crippen molar-refractivity contribution < 1.29 is 13.2 Å². The molecule has 9 heavy (non-hydrogen) atoms. The van der Waals surface area contributed by atoms with Crippen molar-refractivity contribution in [3.05, 3.63) is 0 Å². The summed E-state index contributed by atoms with van der Waals surface area (Å²) in [5, 5.41) is 0. The Labute approximate surface area is 52.0 Å². The molecule has 0 heterocycles. The molecule has 0 spiro atoms. The summed E-state index contributed by atoms with van der Waals surface area (Å²) in [5.74, 6) is -3.24. The van der Waals surface area contributed by atoms with Crippen LogP contribution in [0.25, 0.3) is 0 Å². The number of rotatable bonds is 3. The van der Waals surface area contributed by atoms with Crippen LogP contribution in [-0.2, 0) is 0 Å². The third-order valence-electron chi connectivity index (χ3n) is 1.14. The predicted molar refractivity (Wildman–Crippen MR) is 29.2 cm³/mol. The quantitative estimate of drug-likeness (QED) is 0.630. The van der Waals surface area contributed by atoms with E-state index in [1.807, 2.05) is 0 Å². The van der Waals surface area contributed by atoms with Crippen LogP contribution in [-0.4, -0.2) is 18.6 Å². The van der Waals surface area contributed by atoms with Crippen molar-refractivity contribution in [3.8, 4) is 0 Å². The van der Waals surface area contributed by atoms with Gasteiger partial charge in [0.05, 0.1) is 0 Å². The molecular formula is C5H10F3N. The van der Waals surface area contributed by atoms with Crippen molar-refractivity contribution in [1.82, 2.24) is 0 Å². The molecule has 0 amide bonds. The van der Waals surface area contributed by atoms with Crippen molar-refractivity contribution >= 4 is 0 Å². The van der Waals surface area contributed by atoms with Gasteiger partial charge in [0.1, 0.15) is 0 Å². The average Bonchev–Trinajstić information content (AvgIpc) is 1.86. The lowest BCUT2D eigenvalue weighted by Gasteiger charge is -2.16. The average molecular weight is 141 g/mol. The molecule has 0 aliphatic rings. The second-order valence-electron chi connectivity index (χ2n) is 1.82. The van der Waals surface area contributed by atoms with E-state index in [4.69, 9.17) is 0 Å². The highest BCUT2D eigenvalue weighted by atomic mass is 19.3. The fourth-order valence-electron chi connectivity index (χ4n) is 0.394. The van der Waals surface area contributed by atoms with E-state index in [0.717, 1.165) is 0 Å². The molecule has 2 N–H and O–H groups in total. The Kier molecular flexibility index (Phi) is 2.97. The van der Waals surface area contributed by atoms with E-state index in [-0.39, 0.29) is 0 Å². The van der Waals surface area contributed by atoms with Crippen molar-refractivity contribution in [3.63, 3.8) is 0 Å². The third kappa shape index (κ3) is 2.22. The Bertz CT molecular complexity index is 84.3. The zero-order valence-corrected chi connectivity index (χ0v) is 5.20. The normalized spacial score (nSPS) is 15.7. The molecule has 1 nitrogen and oxygen atoms in total. The van der Waals surface area contributed by atoms with Gasteiger partial charge in [0.25, 0.3) is 5.92 Å². The van der Waals surface area contributed by atoms with E-state index in [2.05, 4.69) is 5.73 Å². The maximum atomic E-state index is 12.1. The molecule has 0 rings (SSSR count). The highest BCUT2D eigenvalue weighted by Crippen LogP contribution is 2.23. The minimum atomic E-state index is -3.24. The summed E-state index contributed by atoms with van der Waals surface area (Å²) < 4.78 is 36.2. The third-order valence-corrected chi connectivity index (χ3v) is 1.14. The van der Waals surface area contributed by atoms with Crippen LogP contribution < -0.4 is 5.73 Å². The Morgan fingerprint density at radius 2 is 2.00 bits per heavy atom. The molecule has 0 radical (unpaired) electrons. The molecule has 0 bridgehead atoms. The molecule has 0 aromatic carbocycles. The second kappa shape index (κ2) is 3.06. The van der Waals surface area contributed by atoms with Crippen molar-refractivity contribution in [1.29, 1.82) is 0 Å². The van der Waals surface area contributed by atoms with Crippen LogP contribution in [0.2, 0.25) is 0 Å². The Morgan fingerprint density at radius 1 is 1.56 bits per heavy atom. The van der Waals surface area contributed by atoms with Crippen LogP contribution in [0, 0.1) is 0 Å². The molecule has 56 valence electrons. The molecular weight excluding hydrogens is 131 g/mol. The number of halogens is 3. The molecule has 1 atom stereocenters. The first-order valence-corrected chi connectivity index (χ1v) is 2.76. The van der Waals surface area contributed by atoms with E-state index in [1.54, 1.807) is 0 Å². The van der Waals surface area contributed by atoms with Crippen LogP contribution in [0.1, 0.15) is 13.3 Å².